The molecule has 12 nitrogen and oxygen atoms in total. The van der Waals surface area contributed by atoms with Crippen LogP contribution in [0.25, 0.3) is 21.5 Å². The number of carboxylic acid groups (broad SMARTS) is 1. The second-order valence-corrected chi connectivity index (χ2v) is 13.9. The van der Waals surface area contributed by atoms with Gasteiger partial charge < -0.3 is 19.5 Å². The summed E-state index contributed by atoms with van der Waals surface area (Å²) in [5.41, 5.74) is 6.98. The van der Waals surface area contributed by atoms with Crippen LogP contribution in [0.4, 0.5) is 0 Å². The maximum Gasteiger partial charge on any atom is 0.338 e. The molecule has 2 aliphatic rings. The van der Waals surface area contributed by atoms with Gasteiger partial charge in [0, 0.05) is 38.1 Å². The summed E-state index contributed by atoms with van der Waals surface area (Å²) in [6, 6.07) is 26.4. The molecule has 0 bridgehead atoms. The molecule has 0 fully saturated rings. The first-order valence-corrected chi connectivity index (χ1v) is 17.2. The zero-order valence-electron chi connectivity index (χ0n) is 30.7. The summed E-state index contributed by atoms with van der Waals surface area (Å²) in [6.07, 6.45) is 1.20. The SMILES string of the molecule is COC(=O)c1ccc(C2=NOC(C)(c3cc(C)nn3C)C2)c2ccccc12.Cc1cc(C2(C)CC(c3ccc(C(=O)O)c4ccccc34)=NO2)n(C)n1. The highest BCUT2D eigenvalue weighted by Crippen LogP contribution is 2.39. The van der Waals surface area contributed by atoms with Crippen LogP contribution in [0, 0.1) is 13.8 Å². The maximum atomic E-state index is 12.1. The van der Waals surface area contributed by atoms with Crippen LogP contribution in [0.2, 0.25) is 0 Å². The van der Waals surface area contributed by atoms with Gasteiger partial charge in [0.1, 0.15) is 0 Å². The number of aryl methyl sites for hydroxylation is 4. The molecule has 2 unspecified atom stereocenters. The van der Waals surface area contributed by atoms with Crippen LogP contribution >= 0.6 is 0 Å². The number of benzene rings is 4. The molecule has 0 radical (unpaired) electrons. The van der Waals surface area contributed by atoms with Gasteiger partial charge in [-0.3, -0.25) is 9.36 Å². The van der Waals surface area contributed by atoms with E-state index < -0.39 is 17.2 Å². The minimum absolute atomic E-state index is 0.286. The average molecular weight is 713 g/mol. The molecule has 0 spiro atoms. The van der Waals surface area contributed by atoms with Gasteiger partial charge in [-0.2, -0.15) is 10.2 Å². The second kappa shape index (κ2) is 13.4. The highest BCUT2D eigenvalue weighted by molar-refractivity contribution is 6.16. The third-order valence-electron chi connectivity index (χ3n) is 9.92. The van der Waals surface area contributed by atoms with Gasteiger partial charge in [-0.05, 0) is 73.5 Å². The Bertz CT molecular complexity index is 2500. The summed E-state index contributed by atoms with van der Waals surface area (Å²) in [5, 5.41) is 30.3. The highest BCUT2D eigenvalue weighted by Gasteiger charge is 2.41. The number of nitrogens with zero attached hydrogens (tertiary/aromatic N) is 6. The average Bonchev–Trinajstić information content (AvgIpc) is 3.92. The van der Waals surface area contributed by atoms with Crippen LogP contribution in [0.1, 0.15) is 81.3 Å². The highest BCUT2D eigenvalue weighted by atomic mass is 16.7. The Morgan fingerprint density at radius 3 is 1.49 bits per heavy atom. The van der Waals surface area contributed by atoms with Crippen molar-refractivity contribution >= 4 is 44.9 Å². The number of oxime groups is 2. The second-order valence-electron chi connectivity index (χ2n) is 13.9. The lowest BCUT2D eigenvalue weighted by Crippen LogP contribution is -2.25. The lowest BCUT2D eigenvalue weighted by molar-refractivity contribution is -0.0137. The molecule has 2 aromatic heterocycles. The van der Waals surface area contributed by atoms with Gasteiger partial charge in [0.15, 0.2) is 11.2 Å². The van der Waals surface area contributed by atoms with Gasteiger partial charge in [-0.15, -0.1) is 0 Å². The predicted molar refractivity (Wildman–Crippen MR) is 201 cm³/mol. The molecule has 6 aromatic rings. The van der Waals surface area contributed by atoms with E-state index in [-0.39, 0.29) is 11.5 Å². The van der Waals surface area contributed by atoms with Gasteiger partial charge in [-0.1, -0.05) is 71.0 Å². The van der Waals surface area contributed by atoms with Crippen LogP contribution in [0.3, 0.4) is 0 Å². The first-order valence-electron chi connectivity index (χ1n) is 17.2. The van der Waals surface area contributed by atoms with Crippen LogP contribution in [0.5, 0.6) is 0 Å². The Kier molecular flexibility index (Phi) is 8.85. The first-order chi connectivity index (χ1) is 25.3. The Morgan fingerprint density at radius 1 is 0.679 bits per heavy atom. The van der Waals surface area contributed by atoms with Gasteiger partial charge in [-0.25, -0.2) is 9.59 Å². The lowest BCUT2D eigenvalue weighted by atomic mass is 9.89. The predicted octanol–water partition coefficient (Wildman–Crippen LogP) is 7.33. The number of rotatable bonds is 6. The van der Waals surface area contributed by atoms with Crippen LogP contribution in [-0.2, 0) is 39.7 Å². The summed E-state index contributed by atoms with van der Waals surface area (Å²) >= 11 is 0. The fraction of sp³-hybridized carbons (Fsp3) is 0.268. The Morgan fingerprint density at radius 2 is 1.09 bits per heavy atom. The van der Waals surface area contributed by atoms with E-state index in [9.17, 15) is 14.7 Å². The van der Waals surface area contributed by atoms with Crippen LogP contribution < -0.4 is 0 Å². The molecule has 0 aliphatic carbocycles. The third-order valence-corrected chi connectivity index (χ3v) is 9.92. The Balaban J connectivity index is 0.000000164. The monoisotopic (exact) mass is 712 g/mol. The molecule has 53 heavy (non-hydrogen) atoms. The molecular weight excluding hydrogens is 672 g/mol. The zero-order chi connectivity index (χ0) is 37.7. The normalized spacial score (nSPS) is 19.2. The molecule has 12 heteroatoms. The third kappa shape index (κ3) is 6.30. The van der Waals surface area contributed by atoms with E-state index in [4.69, 9.17) is 14.4 Å². The van der Waals surface area contributed by atoms with Crippen molar-refractivity contribution in [1.82, 2.24) is 19.6 Å². The number of aromatic nitrogens is 4. The molecular formula is C41H40N6O6. The first kappa shape index (κ1) is 35.1. The number of fused-ring (bicyclic) bond motifs is 2. The summed E-state index contributed by atoms with van der Waals surface area (Å²) in [4.78, 5) is 35.3. The van der Waals surface area contributed by atoms with Gasteiger partial charge in [0.25, 0.3) is 0 Å². The smallest absolute Gasteiger partial charge is 0.338 e. The van der Waals surface area contributed by atoms with Crippen molar-refractivity contribution in [3.63, 3.8) is 0 Å². The van der Waals surface area contributed by atoms with Crippen LogP contribution in [0.15, 0.2) is 95.2 Å². The number of carboxylic acids is 1. The number of ether oxygens (including phenoxy) is 1. The van der Waals surface area contributed by atoms with E-state index in [1.807, 2.05) is 124 Å². The van der Waals surface area contributed by atoms with Crippen molar-refractivity contribution in [2.75, 3.05) is 7.11 Å². The summed E-state index contributed by atoms with van der Waals surface area (Å²) in [7, 11) is 5.20. The van der Waals surface area contributed by atoms with Gasteiger partial charge >= 0.3 is 11.9 Å². The number of carbonyl (C=O) groups is 2. The van der Waals surface area contributed by atoms with E-state index in [1.54, 1.807) is 12.1 Å². The number of carbonyl (C=O) groups excluding carboxylic acids is 1. The maximum absolute atomic E-state index is 12.1. The molecule has 2 aliphatic heterocycles. The molecule has 8 rings (SSSR count). The standard InChI is InChI=1S/C21H21N3O3.C20H19N3O3/c1-13-11-19(24(3)22-13)21(2)12-18(23-27-21)16-9-10-17(20(25)26-4)15-8-6-5-7-14(15)16;1-12-10-18(23(3)21-12)20(2)11-17(22-26-20)15-8-9-16(19(24)25)14-7-5-4-6-13(14)15/h5-11H,12H2,1-4H3;4-10H,11H2,1-3H3,(H,24,25). The van der Waals surface area contributed by atoms with E-state index in [1.165, 1.54) is 7.11 Å². The van der Waals surface area contributed by atoms with E-state index >= 15 is 0 Å². The Hall–Kier alpha value is -6.30. The van der Waals surface area contributed by atoms with Crippen LogP contribution in [-0.4, -0.2) is 55.1 Å². The van der Waals surface area contributed by atoms with Gasteiger partial charge in [0.2, 0.25) is 0 Å². The van der Waals surface area contributed by atoms with Crippen molar-refractivity contribution in [1.29, 1.82) is 0 Å². The Labute approximate surface area is 306 Å². The number of esters is 1. The molecule has 2 atom stereocenters. The molecule has 4 heterocycles. The number of aromatic carboxylic acids is 1. The van der Waals surface area contributed by atoms with Crippen molar-refractivity contribution in [2.45, 2.75) is 51.7 Å². The van der Waals surface area contributed by atoms with Crippen molar-refractivity contribution in [2.24, 2.45) is 24.4 Å². The minimum Gasteiger partial charge on any atom is -0.478 e. The number of hydrogen-bond donors (Lipinski definition) is 1. The summed E-state index contributed by atoms with van der Waals surface area (Å²) in [5.74, 6) is -1.29. The van der Waals surface area contributed by atoms with E-state index in [0.717, 1.165) is 61.5 Å². The van der Waals surface area contributed by atoms with E-state index in [0.29, 0.717) is 23.8 Å². The molecule has 0 saturated carbocycles. The molecule has 4 aromatic carbocycles. The minimum atomic E-state index is -0.937. The zero-order valence-corrected chi connectivity index (χ0v) is 30.7. The number of hydrogen-bond acceptors (Lipinski definition) is 9. The number of methoxy groups -OCH3 is 1. The van der Waals surface area contributed by atoms with E-state index in [2.05, 4.69) is 20.5 Å². The topological polar surface area (TPSA) is 142 Å². The fourth-order valence-corrected chi connectivity index (χ4v) is 7.43. The largest absolute Gasteiger partial charge is 0.478 e. The van der Waals surface area contributed by atoms with Crippen molar-refractivity contribution in [3.05, 3.63) is 130 Å². The quantitative estimate of drug-likeness (QED) is 0.177. The molecule has 1 N–H and O–H groups in total. The molecule has 0 saturated heterocycles. The molecule has 270 valence electrons. The fourth-order valence-electron chi connectivity index (χ4n) is 7.43. The van der Waals surface area contributed by atoms with Crippen molar-refractivity contribution < 1.29 is 29.1 Å². The summed E-state index contributed by atoms with van der Waals surface area (Å²) < 4.78 is 8.57. The summed E-state index contributed by atoms with van der Waals surface area (Å²) in [6.45, 7) is 7.92. The van der Waals surface area contributed by atoms with Crippen molar-refractivity contribution in [3.8, 4) is 0 Å². The molecule has 0 amide bonds. The van der Waals surface area contributed by atoms with Gasteiger partial charge in [0.05, 0.1) is 52.4 Å². The lowest BCUT2D eigenvalue weighted by Gasteiger charge is -2.21.